The van der Waals surface area contributed by atoms with Gasteiger partial charge in [0.05, 0.1) is 28.5 Å². The number of fused-ring (bicyclic) bond motifs is 10. The third-order valence-corrected chi connectivity index (χ3v) is 12.8. The van der Waals surface area contributed by atoms with Crippen LogP contribution in [0, 0.1) is 11.7 Å². The number of aromatic nitrogens is 3. The van der Waals surface area contributed by atoms with Crippen molar-refractivity contribution in [1.29, 1.82) is 0 Å². The molecule has 0 amide bonds. The number of piperidine rings is 1. The first kappa shape index (κ1) is 35.8. The maximum Gasteiger partial charge on any atom is 0.278 e. The molecule has 4 aliphatic heterocycles. The van der Waals surface area contributed by atoms with Crippen LogP contribution in [-0.4, -0.2) is 64.7 Å². The molecule has 2 saturated heterocycles. The Balaban J connectivity index is 1.39. The zero-order chi connectivity index (χ0) is 34.9. The first-order valence-corrected chi connectivity index (χ1v) is 19.6. The Bertz CT molecular complexity index is 1800. The molecule has 8 bridgehead atoms. The zero-order valence-corrected chi connectivity index (χ0v) is 29.1. The highest BCUT2D eigenvalue weighted by atomic mass is 32.2. The Morgan fingerprint density at radius 2 is 1.63 bits per heavy atom. The molecule has 0 radical (unpaired) electrons. The molecule has 0 aliphatic carbocycles. The molecule has 4 aliphatic rings. The van der Waals surface area contributed by atoms with Crippen LogP contribution in [0.4, 0.5) is 23.4 Å². The number of anilines is 1. The summed E-state index contributed by atoms with van der Waals surface area (Å²) in [4.78, 5) is 24.9. The molecular formula is C36H47F4N5O3S. The summed E-state index contributed by atoms with van der Waals surface area (Å²) in [6.07, 6.45) is 5.96. The van der Waals surface area contributed by atoms with Gasteiger partial charge in [0.15, 0.2) is 0 Å². The molecular weight excluding hydrogens is 658 g/mol. The number of benzene rings is 1. The van der Waals surface area contributed by atoms with Crippen molar-refractivity contribution in [2.24, 2.45) is 5.92 Å². The van der Waals surface area contributed by atoms with Crippen molar-refractivity contribution in [3.05, 3.63) is 63.5 Å². The van der Waals surface area contributed by atoms with Gasteiger partial charge in [0.1, 0.15) is 39.6 Å². The van der Waals surface area contributed by atoms with Crippen molar-refractivity contribution in [2.45, 2.75) is 115 Å². The second-order valence-corrected chi connectivity index (χ2v) is 16.6. The molecule has 2 unspecified atom stereocenters. The highest BCUT2D eigenvalue weighted by molar-refractivity contribution is 7.91. The highest BCUT2D eigenvalue weighted by Gasteiger charge is 2.46. The number of aryl methyl sites for hydroxylation is 1. The Kier molecular flexibility index (Phi) is 10.7. The fraction of sp³-hybridized carbons (Fsp3) is 0.639. The Labute approximate surface area is 285 Å². The third-order valence-electron chi connectivity index (χ3n) is 11.0. The molecule has 0 saturated carbocycles. The lowest BCUT2D eigenvalue weighted by Gasteiger charge is -2.40. The Morgan fingerprint density at radius 3 is 2.35 bits per heavy atom. The average Bonchev–Trinajstić information content (AvgIpc) is 3.06. The summed E-state index contributed by atoms with van der Waals surface area (Å²) in [6.45, 7) is 4.28. The molecule has 7 rings (SSSR count). The first-order valence-electron chi connectivity index (χ1n) is 17.8. The maximum atomic E-state index is 16.1. The van der Waals surface area contributed by atoms with E-state index in [-0.39, 0.29) is 47.4 Å². The first-order chi connectivity index (χ1) is 23.4. The summed E-state index contributed by atoms with van der Waals surface area (Å²) in [5, 5.41) is 3.74. The number of rotatable bonds is 2. The van der Waals surface area contributed by atoms with Gasteiger partial charge < -0.3 is 5.32 Å². The summed E-state index contributed by atoms with van der Waals surface area (Å²) in [6, 6.07) is 4.67. The van der Waals surface area contributed by atoms with Gasteiger partial charge in [-0.1, -0.05) is 43.9 Å². The molecule has 3 aromatic rings. The van der Waals surface area contributed by atoms with Crippen LogP contribution in [-0.2, 0) is 22.3 Å². The van der Waals surface area contributed by atoms with Crippen molar-refractivity contribution >= 4 is 26.7 Å². The molecule has 2 fully saturated rings. The molecule has 8 nitrogen and oxygen atoms in total. The predicted molar refractivity (Wildman–Crippen MR) is 183 cm³/mol. The molecule has 268 valence electrons. The summed E-state index contributed by atoms with van der Waals surface area (Å²) >= 11 is 0. The van der Waals surface area contributed by atoms with E-state index < -0.39 is 45.3 Å². The normalized spacial score (nSPS) is 27.6. The number of nitrogens with zero attached hydrogens (tertiary/aromatic N) is 4. The Morgan fingerprint density at radius 1 is 0.939 bits per heavy atom. The van der Waals surface area contributed by atoms with Crippen LogP contribution < -0.4 is 10.9 Å². The second-order valence-electron chi connectivity index (χ2n) is 14.3. The fourth-order valence-electron chi connectivity index (χ4n) is 8.11. The standard InChI is InChI=1S/C36H47F4N5O3S/c1-23(37)31-11-6-4-3-5-7-16-45-34-29(21-28(35(45)46)25-14-19-49(47,48)20-15-25)33(41-22-42-34)43-24(2)27-9-8-10-30(32(27)38)36(39,40)26-12-17-44(31)18-13-26/h8-10,21-26,31H,3-7,11-20H2,1-2H3,(H,41,42,43)/t23?,24-,31?/m1/s1. The topological polar surface area (TPSA) is 97.2 Å². The summed E-state index contributed by atoms with van der Waals surface area (Å²) in [5.41, 5.74) is 0.0847. The average molecular weight is 706 g/mol. The molecule has 1 N–H and O–H groups in total. The van der Waals surface area contributed by atoms with Crippen molar-refractivity contribution in [3.63, 3.8) is 0 Å². The van der Waals surface area contributed by atoms with Crippen LogP contribution in [0.15, 0.2) is 35.4 Å². The van der Waals surface area contributed by atoms with Gasteiger partial charge in [-0.3, -0.25) is 14.3 Å². The lowest BCUT2D eigenvalue weighted by Crippen LogP contribution is -2.47. The zero-order valence-electron chi connectivity index (χ0n) is 28.3. The minimum Gasteiger partial charge on any atom is -0.363 e. The smallest absolute Gasteiger partial charge is 0.278 e. The van der Waals surface area contributed by atoms with Gasteiger partial charge in [-0.25, -0.2) is 35.9 Å². The number of hydrogen-bond acceptors (Lipinski definition) is 7. The molecule has 3 atom stereocenters. The van der Waals surface area contributed by atoms with Crippen LogP contribution >= 0.6 is 0 Å². The number of hydrogen-bond donors (Lipinski definition) is 1. The van der Waals surface area contributed by atoms with Crippen molar-refractivity contribution < 1.29 is 26.0 Å². The van der Waals surface area contributed by atoms with Crippen LogP contribution in [0.25, 0.3) is 11.0 Å². The van der Waals surface area contributed by atoms with Gasteiger partial charge in [-0.15, -0.1) is 0 Å². The van der Waals surface area contributed by atoms with E-state index in [1.54, 1.807) is 17.6 Å². The van der Waals surface area contributed by atoms with E-state index in [4.69, 9.17) is 0 Å². The molecule has 6 heterocycles. The SMILES string of the molecule is CC(F)C1CCCCCCCn2c(=O)c(C3CCS(=O)(=O)CC3)cc3c(ncnc32)N[C@H](C)c2cccc(c2F)C(F)(F)C2CCN1CC2. The van der Waals surface area contributed by atoms with Crippen molar-refractivity contribution in [3.8, 4) is 0 Å². The van der Waals surface area contributed by atoms with Crippen molar-refractivity contribution in [1.82, 2.24) is 19.4 Å². The molecule has 2 aromatic heterocycles. The molecule has 49 heavy (non-hydrogen) atoms. The van der Waals surface area contributed by atoms with E-state index in [0.29, 0.717) is 67.7 Å². The summed E-state index contributed by atoms with van der Waals surface area (Å²) in [5.74, 6) is -5.39. The van der Waals surface area contributed by atoms with Gasteiger partial charge in [-0.2, -0.15) is 0 Å². The Hall–Kier alpha value is -3.06. The lowest BCUT2D eigenvalue weighted by molar-refractivity contribution is -0.0933. The lowest BCUT2D eigenvalue weighted by atomic mass is 9.84. The number of sulfone groups is 1. The van der Waals surface area contributed by atoms with E-state index in [2.05, 4.69) is 15.3 Å². The maximum absolute atomic E-state index is 16.1. The third kappa shape index (κ3) is 7.52. The number of halogens is 4. The van der Waals surface area contributed by atoms with Gasteiger partial charge >= 0.3 is 0 Å². The molecule has 0 spiro atoms. The van der Waals surface area contributed by atoms with Gasteiger partial charge in [0, 0.05) is 29.6 Å². The molecule has 13 heteroatoms. The number of nitrogens with one attached hydrogen (secondary N) is 1. The highest BCUT2D eigenvalue weighted by Crippen LogP contribution is 2.44. The van der Waals surface area contributed by atoms with Crippen molar-refractivity contribution in [2.75, 3.05) is 29.9 Å². The minimum absolute atomic E-state index is 0.00346. The fourth-order valence-corrected chi connectivity index (χ4v) is 9.61. The quantitative estimate of drug-likeness (QED) is 0.280. The van der Waals surface area contributed by atoms with E-state index in [9.17, 15) is 17.6 Å². The van der Waals surface area contributed by atoms with E-state index in [0.717, 1.165) is 31.7 Å². The number of alkyl halides is 3. The minimum atomic E-state index is -3.42. The largest absolute Gasteiger partial charge is 0.363 e. The van der Waals surface area contributed by atoms with Crippen LogP contribution in [0.1, 0.15) is 107 Å². The number of pyridine rings is 1. The van der Waals surface area contributed by atoms with Crippen LogP contribution in [0.2, 0.25) is 0 Å². The van der Waals surface area contributed by atoms with Crippen LogP contribution in [0.5, 0.6) is 0 Å². The summed E-state index contributed by atoms with van der Waals surface area (Å²) < 4.78 is 89.1. The van der Waals surface area contributed by atoms with Gasteiger partial charge in [0.25, 0.3) is 11.5 Å². The summed E-state index contributed by atoms with van der Waals surface area (Å²) in [7, 11) is -3.16. The van der Waals surface area contributed by atoms with E-state index in [1.807, 2.05) is 4.90 Å². The van der Waals surface area contributed by atoms with E-state index >= 15 is 13.2 Å². The predicted octanol–water partition coefficient (Wildman–Crippen LogP) is 7.28. The monoisotopic (exact) mass is 705 g/mol. The second kappa shape index (κ2) is 14.7. The van der Waals surface area contributed by atoms with E-state index in [1.165, 1.54) is 25.4 Å². The molecule has 1 aromatic carbocycles. The van der Waals surface area contributed by atoms with Gasteiger partial charge in [-0.05, 0) is 77.4 Å². The van der Waals surface area contributed by atoms with Crippen LogP contribution in [0.3, 0.4) is 0 Å². The van der Waals surface area contributed by atoms with Gasteiger partial charge in [0.2, 0.25) is 0 Å².